The Bertz CT molecular complexity index is 646. The van der Waals surface area contributed by atoms with Crippen molar-refractivity contribution in [1.82, 2.24) is 24.5 Å². The van der Waals surface area contributed by atoms with E-state index in [1.165, 1.54) is 0 Å². The minimum absolute atomic E-state index is 0.0369. The van der Waals surface area contributed by atoms with E-state index in [0.29, 0.717) is 12.1 Å². The van der Waals surface area contributed by atoms with E-state index in [4.69, 9.17) is 0 Å². The van der Waals surface area contributed by atoms with Gasteiger partial charge >= 0.3 is 0 Å². The first-order valence-corrected chi connectivity index (χ1v) is 7.76. The number of aromatic nitrogens is 4. The molecule has 1 amide bonds. The smallest absolute Gasteiger partial charge is 0.257 e. The maximum Gasteiger partial charge on any atom is 0.257 e. The Morgan fingerprint density at radius 3 is 2.38 bits per heavy atom. The fourth-order valence-electron chi connectivity index (χ4n) is 2.10. The van der Waals surface area contributed by atoms with Gasteiger partial charge in [0.05, 0.1) is 28.0 Å². The fraction of sp³-hybridized carbons (Fsp3) is 0.500. The molecule has 0 radical (unpaired) electrons. The Morgan fingerprint density at radius 2 is 1.86 bits per heavy atom. The van der Waals surface area contributed by atoms with Gasteiger partial charge in [0.15, 0.2) is 0 Å². The van der Waals surface area contributed by atoms with Crippen molar-refractivity contribution in [3.05, 3.63) is 33.8 Å². The number of aryl methyl sites for hydroxylation is 3. The molecule has 2 aromatic rings. The summed E-state index contributed by atoms with van der Waals surface area (Å²) in [4.78, 5) is 14.2. The SMILES string of the molecule is CCn1cc(C(=O)N(C)Cc2nn(CC)cc2Br)c(C)n1. The zero-order valence-corrected chi connectivity index (χ0v) is 14.4. The third kappa shape index (κ3) is 3.34. The van der Waals surface area contributed by atoms with Gasteiger partial charge in [-0.3, -0.25) is 14.2 Å². The molecule has 0 unspecified atom stereocenters. The van der Waals surface area contributed by atoms with E-state index >= 15 is 0 Å². The summed E-state index contributed by atoms with van der Waals surface area (Å²) in [7, 11) is 1.78. The number of amides is 1. The fourth-order valence-corrected chi connectivity index (χ4v) is 2.54. The number of carbonyl (C=O) groups excluding carboxylic acids is 1. The van der Waals surface area contributed by atoms with Crippen molar-refractivity contribution in [2.75, 3.05) is 7.05 Å². The average molecular weight is 354 g/mol. The van der Waals surface area contributed by atoms with Crippen LogP contribution < -0.4 is 0 Å². The standard InChI is InChI=1S/C14H20BrN5O/c1-5-19-7-11(10(3)16-19)14(21)18(4)9-13-12(15)8-20(6-2)17-13/h7-8H,5-6,9H2,1-4H3. The highest BCUT2D eigenvalue weighted by atomic mass is 79.9. The molecule has 6 nitrogen and oxygen atoms in total. The molecular weight excluding hydrogens is 334 g/mol. The number of hydrogen-bond donors (Lipinski definition) is 0. The number of hydrogen-bond acceptors (Lipinski definition) is 3. The molecule has 7 heteroatoms. The maximum atomic E-state index is 12.5. The van der Waals surface area contributed by atoms with Crippen molar-refractivity contribution in [2.45, 2.75) is 40.4 Å². The van der Waals surface area contributed by atoms with E-state index in [1.807, 2.05) is 31.6 Å². The molecule has 0 saturated carbocycles. The molecule has 0 bridgehead atoms. The third-order valence-electron chi connectivity index (χ3n) is 3.35. The molecule has 2 heterocycles. The summed E-state index contributed by atoms with van der Waals surface area (Å²) in [6.07, 6.45) is 3.72. The molecular formula is C14H20BrN5O. The zero-order valence-electron chi connectivity index (χ0n) is 12.8. The molecule has 0 aromatic carbocycles. The molecule has 114 valence electrons. The van der Waals surface area contributed by atoms with Crippen LogP contribution in [-0.2, 0) is 19.6 Å². The Hall–Kier alpha value is -1.63. The average Bonchev–Trinajstić information content (AvgIpc) is 3.01. The minimum Gasteiger partial charge on any atom is -0.336 e. The molecule has 2 aromatic heterocycles. The van der Waals surface area contributed by atoms with Crippen LogP contribution in [0.1, 0.15) is 35.6 Å². The predicted molar refractivity (Wildman–Crippen MR) is 84.0 cm³/mol. The van der Waals surface area contributed by atoms with Crippen LogP contribution in [0.3, 0.4) is 0 Å². The summed E-state index contributed by atoms with van der Waals surface area (Å²) in [5.41, 5.74) is 2.26. The normalized spacial score (nSPS) is 10.9. The summed E-state index contributed by atoms with van der Waals surface area (Å²) < 4.78 is 4.54. The first-order valence-electron chi connectivity index (χ1n) is 6.97. The number of halogens is 1. The van der Waals surface area contributed by atoms with E-state index in [0.717, 1.165) is 29.0 Å². The van der Waals surface area contributed by atoms with Gasteiger partial charge in [0.2, 0.25) is 0 Å². The van der Waals surface area contributed by atoms with Gasteiger partial charge in [0, 0.05) is 32.5 Å². The highest BCUT2D eigenvalue weighted by molar-refractivity contribution is 9.10. The Morgan fingerprint density at radius 1 is 1.24 bits per heavy atom. The van der Waals surface area contributed by atoms with E-state index in [2.05, 4.69) is 26.1 Å². The summed E-state index contributed by atoms with van der Waals surface area (Å²) in [5, 5.41) is 8.76. The molecule has 0 saturated heterocycles. The molecule has 0 aliphatic rings. The first kappa shape index (κ1) is 15.8. The summed E-state index contributed by atoms with van der Waals surface area (Å²) >= 11 is 3.48. The van der Waals surface area contributed by atoms with Crippen molar-refractivity contribution in [3.63, 3.8) is 0 Å². The first-order chi connectivity index (χ1) is 9.96. The van der Waals surface area contributed by atoms with Gasteiger partial charge in [-0.1, -0.05) is 0 Å². The summed E-state index contributed by atoms with van der Waals surface area (Å²) in [6.45, 7) is 7.90. The minimum atomic E-state index is -0.0369. The van der Waals surface area contributed by atoms with Crippen LogP contribution in [0, 0.1) is 6.92 Å². The van der Waals surface area contributed by atoms with Gasteiger partial charge in [-0.25, -0.2) is 0 Å². The van der Waals surface area contributed by atoms with Crippen LogP contribution in [0.5, 0.6) is 0 Å². The molecule has 0 spiro atoms. The molecule has 2 rings (SSSR count). The third-order valence-corrected chi connectivity index (χ3v) is 4.01. The molecule has 0 atom stereocenters. The Labute approximate surface area is 132 Å². The number of carbonyl (C=O) groups is 1. The number of rotatable bonds is 5. The molecule has 0 fully saturated rings. The lowest BCUT2D eigenvalue weighted by Crippen LogP contribution is -2.27. The summed E-state index contributed by atoms with van der Waals surface area (Å²) in [5.74, 6) is -0.0369. The van der Waals surface area contributed by atoms with Crippen LogP contribution >= 0.6 is 15.9 Å². The summed E-state index contributed by atoms with van der Waals surface area (Å²) in [6, 6.07) is 0. The molecule has 0 aliphatic carbocycles. The lowest BCUT2D eigenvalue weighted by Gasteiger charge is -2.15. The van der Waals surface area contributed by atoms with Crippen molar-refractivity contribution in [1.29, 1.82) is 0 Å². The lowest BCUT2D eigenvalue weighted by atomic mass is 10.2. The zero-order chi connectivity index (χ0) is 15.6. The van der Waals surface area contributed by atoms with Crippen molar-refractivity contribution in [2.24, 2.45) is 0 Å². The van der Waals surface area contributed by atoms with Crippen LogP contribution in [-0.4, -0.2) is 37.4 Å². The second-order valence-corrected chi connectivity index (χ2v) is 5.78. The lowest BCUT2D eigenvalue weighted by molar-refractivity contribution is 0.0782. The molecule has 0 N–H and O–H groups in total. The van der Waals surface area contributed by atoms with Crippen molar-refractivity contribution >= 4 is 21.8 Å². The van der Waals surface area contributed by atoms with Crippen LogP contribution in [0.25, 0.3) is 0 Å². The maximum absolute atomic E-state index is 12.5. The molecule has 21 heavy (non-hydrogen) atoms. The predicted octanol–water partition coefficient (Wildman–Crippen LogP) is 2.46. The second kappa shape index (κ2) is 6.43. The highest BCUT2D eigenvalue weighted by Crippen LogP contribution is 2.18. The second-order valence-electron chi connectivity index (χ2n) is 4.92. The van der Waals surface area contributed by atoms with Gasteiger partial charge < -0.3 is 4.90 Å². The quantitative estimate of drug-likeness (QED) is 0.829. The Balaban J connectivity index is 2.15. The van der Waals surface area contributed by atoms with Crippen LogP contribution in [0.2, 0.25) is 0 Å². The van der Waals surface area contributed by atoms with E-state index in [9.17, 15) is 4.79 Å². The van der Waals surface area contributed by atoms with Gasteiger partial charge in [-0.15, -0.1) is 0 Å². The van der Waals surface area contributed by atoms with E-state index in [-0.39, 0.29) is 5.91 Å². The van der Waals surface area contributed by atoms with Crippen molar-refractivity contribution < 1.29 is 4.79 Å². The molecule has 0 aliphatic heterocycles. The van der Waals surface area contributed by atoms with Crippen LogP contribution in [0.4, 0.5) is 0 Å². The monoisotopic (exact) mass is 353 g/mol. The largest absolute Gasteiger partial charge is 0.336 e. The van der Waals surface area contributed by atoms with Crippen molar-refractivity contribution in [3.8, 4) is 0 Å². The van der Waals surface area contributed by atoms with Gasteiger partial charge in [-0.05, 0) is 36.7 Å². The topological polar surface area (TPSA) is 56.0 Å². The Kier molecular flexibility index (Phi) is 4.82. The highest BCUT2D eigenvalue weighted by Gasteiger charge is 2.19. The van der Waals surface area contributed by atoms with Gasteiger partial charge in [0.1, 0.15) is 0 Å². The van der Waals surface area contributed by atoms with E-state index in [1.54, 1.807) is 22.8 Å². The number of nitrogens with zero attached hydrogens (tertiary/aromatic N) is 5. The van der Waals surface area contributed by atoms with Gasteiger partial charge in [0.25, 0.3) is 5.91 Å². The van der Waals surface area contributed by atoms with Gasteiger partial charge in [-0.2, -0.15) is 10.2 Å². The van der Waals surface area contributed by atoms with E-state index < -0.39 is 0 Å². The van der Waals surface area contributed by atoms with Crippen LogP contribution in [0.15, 0.2) is 16.9 Å².